The Kier molecular flexibility index (Phi) is 3.34. The number of nitrogens with zero attached hydrogens (tertiary/aromatic N) is 2. The second-order valence-corrected chi connectivity index (χ2v) is 3.40. The second-order valence-electron chi connectivity index (χ2n) is 3.40. The highest BCUT2D eigenvalue weighted by molar-refractivity contribution is 6.02. The molecule has 2 heterocycles. The van der Waals surface area contributed by atoms with Gasteiger partial charge in [0.15, 0.2) is 0 Å². The zero-order chi connectivity index (χ0) is 12.1. The van der Waals surface area contributed by atoms with Crippen LogP contribution >= 0.6 is 0 Å². The molecule has 1 amide bonds. The molecular weight excluding hydrogens is 218 g/mol. The van der Waals surface area contributed by atoms with Crippen LogP contribution in [-0.4, -0.2) is 27.6 Å². The molecule has 0 spiro atoms. The Bertz CT molecular complexity index is 477. The second kappa shape index (κ2) is 5.11. The molecular formula is C11H13N5O. The first kappa shape index (κ1) is 11.1. The zero-order valence-corrected chi connectivity index (χ0v) is 9.40. The van der Waals surface area contributed by atoms with Crippen molar-refractivity contribution < 1.29 is 4.79 Å². The van der Waals surface area contributed by atoms with E-state index in [1.54, 1.807) is 18.5 Å². The molecule has 0 saturated heterocycles. The zero-order valence-electron chi connectivity index (χ0n) is 9.40. The van der Waals surface area contributed by atoms with Gasteiger partial charge in [0.1, 0.15) is 5.69 Å². The average Bonchev–Trinajstić information content (AvgIpc) is 2.83. The largest absolute Gasteiger partial charge is 0.384 e. The van der Waals surface area contributed by atoms with E-state index < -0.39 is 0 Å². The van der Waals surface area contributed by atoms with Crippen molar-refractivity contribution in [1.29, 1.82) is 0 Å². The lowest BCUT2D eigenvalue weighted by atomic mass is 10.3. The van der Waals surface area contributed by atoms with Crippen molar-refractivity contribution in [2.45, 2.75) is 6.92 Å². The molecule has 0 aliphatic rings. The van der Waals surface area contributed by atoms with Gasteiger partial charge in [-0.3, -0.25) is 9.89 Å². The number of pyridine rings is 1. The fourth-order valence-corrected chi connectivity index (χ4v) is 1.35. The third kappa shape index (κ3) is 2.81. The van der Waals surface area contributed by atoms with E-state index in [2.05, 4.69) is 25.8 Å². The number of anilines is 2. The lowest BCUT2D eigenvalue weighted by Gasteiger charge is -2.04. The van der Waals surface area contributed by atoms with Crippen molar-refractivity contribution in [3.8, 4) is 0 Å². The SMILES string of the molecule is CCNc1ccc(C(=O)Nc2cn[nH]c2)nc1. The molecule has 0 aliphatic carbocycles. The van der Waals surface area contributed by atoms with E-state index in [4.69, 9.17) is 0 Å². The van der Waals surface area contributed by atoms with Gasteiger partial charge in [0.05, 0.1) is 23.8 Å². The number of H-pyrrole nitrogens is 1. The minimum atomic E-state index is -0.255. The summed E-state index contributed by atoms with van der Waals surface area (Å²) in [5.74, 6) is -0.255. The van der Waals surface area contributed by atoms with Crippen LogP contribution in [0.5, 0.6) is 0 Å². The van der Waals surface area contributed by atoms with Crippen LogP contribution < -0.4 is 10.6 Å². The Balaban J connectivity index is 2.04. The summed E-state index contributed by atoms with van der Waals surface area (Å²) in [4.78, 5) is 15.8. The Morgan fingerprint density at radius 2 is 2.24 bits per heavy atom. The molecule has 0 radical (unpaired) electrons. The first-order chi connectivity index (χ1) is 8.29. The van der Waals surface area contributed by atoms with Gasteiger partial charge in [-0.05, 0) is 19.1 Å². The third-order valence-electron chi connectivity index (χ3n) is 2.13. The Morgan fingerprint density at radius 1 is 1.35 bits per heavy atom. The van der Waals surface area contributed by atoms with E-state index in [1.807, 2.05) is 13.0 Å². The number of rotatable bonds is 4. The molecule has 0 aromatic carbocycles. The number of aromatic nitrogens is 3. The van der Waals surface area contributed by atoms with Gasteiger partial charge in [0.2, 0.25) is 0 Å². The first-order valence-corrected chi connectivity index (χ1v) is 5.29. The van der Waals surface area contributed by atoms with Gasteiger partial charge in [-0.1, -0.05) is 0 Å². The van der Waals surface area contributed by atoms with E-state index in [9.17, 15) is 4.79 Å². The molecule has 3 N–H and O–H groups in total. The molecule has 17 heavy (non-hydrogen) atoms. The van der Waals surface area contributed by atoms with Gasteiger partial charge in [0.25, 0.3) is 5.91 Å². The first-order valence-electron chi connectivity index (χ1n) is 5.29. The maximum atomic E-state index is 11.7. The van der Waals surface area contributed by atoms with Gasteiger partial charge in [-0.15, -0.1) is 0 Å². The highest BCUT2D eigenvalue weighted by atomic mass is 16.1. The molecule has 88 valence electrons. The summed E-state index contributed by atoms with van der Waals surface area (Å²) in [5, 5.41) is 12.1. The molecule has 0 fully saturated rings. The van der Waals surface area contributed by atoms with Crippen molar-refractivity contribution in [1.82, 2.24) is 15.2 Å². The summed E-state index contributed by atoms with van der Waals surface area (Å²) in [6.45, 7) is 2.82. The van der Waals surface area contributed by atoms with Crippen molar-refractivity contribution in [3.63, 3.8) is 0 Å². The van der Waals surface area contributed by atoms with Gasteiger partial charge in [-0.2, -0.15) is 5.10 Å². The quantitative estimate of drug-likeness (QED) is 0.744. The number of hydrogen-bond donors (Lipinski definition) is 3. The van der Waals surface area contributed by atoms with Gasteiger partial charge < -0.3 is 10.6 Å². The van der Waals surface area contributed by atoms with Crippen molar-refractivity contribution >= 4 is 17.3 Å². The number of carbonyl (C=O) groups is 1. The van der Waals surface area contributed by atoms with Crippen LogP contribution in [0, 0.1) is 0 Å². The molecule has 2 rings (SSSR count). The average molecular weight is 231 g/mol. The normalized spacial score (nSPS) is 9.94. The van der Waals surface area contributed by atoms with Gasteiger partial charge in [-0.25, -0.2) is 4.98 Å². The van der Waals surface area contributed by atoms with Crippen LogP contribution in [0.3, 0.4) is 0 Å². The molecule has 0 unspecified atom stereocenters. The highest BCUT2D eigenvalue weighted by Gasteiger charge is 2.07. The Morgan fingerprint density at radius 3 is 2.82 bits per heavy atom. The molecule has 6 heteroatoms. The predicted octanol–water partition coefficient (Wildman–Crippen LogP) is 1.49. The maximum absolute atomic E-state index is 11.7. The number of aromatic amines is 1. The Labute approximate surface area is 98.5 Å². The van der Waals surface area contributed by atoms with Crippen LogP contribution in [0.1, 0.15) is 17.4 Å². The van der Waals surface area contributed by atoms with E-state index >= 15 is 0 Å². The molecule has 0 saturated carbocycles. The van der Waals surface area contributed by atoms with Crippen LogP contribution in [0.4, 0.5) is 11.4 Å². The Hall–Kier alpha value is -2.37. The monoisotopic (exact) mass is 231 g/mol. The summed E-state index contributed by atoms with van der Waals surface area (Å²) in [7, 11) is 0. The van der Waals surface area contributed by atoms with Gasteiger partial charge in [0, 0.05) is 12.7 Å². The van der Waals surface area contributed by atoms with Crippen LogP contribution in [0.2, 0.25) is 0 Å². The van der Waals surface area contributed by atoms with Crippen LogP contribution in [0.25, 0.3) is 0 Å². The highest BCUT2D eigenvalue weighted by Crippen LogP contribution is 2.08. The summed E-state index contributed by atoms with van der Waals surface area (Å²) in [6.07, 6.45) is 4.77. The minimum Gasteiger partial charge on any atom is -0.384 e. The number of nitrogens with one attached hydrogen (secondary N) is 3. The van der Waals surface area contributed by atoms with E-state index in [-0.39, 0.29) is 5.91 Å². The fraction of sp³-hybridized carbons (Fsp3) is 0.182. The summed E-state index contributed by atoms with van der Waals surface area (Å²) < 4.78 is 0. The lowest BCUT2D eigenvalue weighted by molar-refractivity contribution is 0.102. The summed E-state index contributed by atoms with van der Waals surface area (Å²) in [5.41, 5.74) is 1.88. The summed E-state index contributed by atoms with van der Waals surface area (Å²) >= 11 is 0. The number of amides is 1. The van der Waals surface area contributed by atoms with E-state index in [0.29, 0.717) is 11.4 Å². The molecule has 2 aromatic rings. The minimum absolute atomic E-state index is 0.255. The van der Waals surface area contributed by atoms with Crippen molar-refractivity contribution in [2.24, 2.45) is 0 Å². The molecule has 0 atom stereocenters. The molecule has 6 nitrogen and oxygen atoms in total. The lowest BCUT2D eigenvalue weighted by Crippen LogP contribution is -2.13. The number of hydrogen-bond acceptors (Lipinski definition) is 4. The topological polar surface area (TPSA) is 82.7 Å². The third-order valence-corrected chi connectivity index (χ3v) is 2.13. The smallest absolute Gasteiger partial charge is 0.274 e. The fourth-order valence-electron chi connectivity index (χ4n) is 1.35. The van der Waals surface area contributed by atoms with Crippen molar-refractivity contribution in [2.75, 3.05) is 17.2 Å². The molecule has 2 aromatic heterocycles. The molecule has 0 bridgehead atoms. The van der Waals surface area contributed by atoms with Crippen molar-refractivity contribution in [3.05, 3.63) is 36.4 Å². The predicted molar refractivity (Wildman–Crippen MR) is 64.9 cm³/mol. The molecule has 0 aliphatic heterocycles. The standard InChI is InChI=1S/C11H13N5O/c1-2-12-8-3-4-10(13-5-8)11(17)16-9-6-14-15-7-9/h3-7,12H,2H2,1H3,(H,14,15)(H,16,17). The van der Waals surface area contributed by atoms with Gasteiger partial charge >= 0.3 is 0 Å². The van der Waals surface area contributed by atoms with E-state index in [1.165, 1.54) is 6.20 Å². The van der Waals surface area contributed by atoms with Crippen LogP contribution in [-0.2, 0) is 0 Å². The number of carbonyl (C=O) groups excluding carboxylic acids is 1. The van der Waals surface area contributed by atoms with E-state index in [0.717, 1.165) is 12.2 Å². The summed E-state index contributed by atoms with van der Waals surface area (Å²) in [6, 6.07) is 3.49. The maximum Gasteiger partial charge on any atom is 0.274 e. The van der Waals surface area contributed by atoms with Crippen LogP contribution in [0.15, 0.2) is 30.7 Å².